The van der Waals surface area contributed by atoms with Gasteiger partial charge in [0.2, 0.25) is 0 Å². The second-order valence-corrected chi connectivity index (χ2v) is 11.2. The van der Waals surface area contributed by atoms with E-state index in [1.807, 2.05) is 115 Å². The second-order valence-electron chi connectivity index (χ2n) is 11.2. The Bertz CT molecular complexity index is 1640. The van der Waals surface area contributed by atoms with Gasteiger partial charge < -0.3 is 24.0 Å². The van der Waals surface area contributed by atoms with Gasteiger partial charge in [0.25, 0.3) is 5.91 Å². The quantitative estimate of drug-likeness (QED) is 0.159. The molecule has 0 aromatic heterocycles. The Morgan fingerprint density at radius 1 is 0.886 bits per heavy atom. The summed E-state index contributed by atoms with van der Waals surface area (Å²) < 4.78 is 17.5. The fourth-order valence-corrected chi connectivity index (χ4v) is 5.99. The van der Waals surface area contributed by atoms with Gasteiger partial charge in [-0.1, -0.05) is 66.7 Å². The van der Waals surface area contributed by atoms with E-state index in [0.717, 1.165) is 34.8 Å². The second kappa shape index (κ2) is 13.1. The van der Waals surface area contributed by atoms with Gasteiger partial charge in [-0.3, -0.25) is 4.79 Å². The largest absolute Gasteiger partial charge is 0.490 e. The van der Waals surface area contributed by atoms with Crippen LogP contribution in [-0.2, 0) is 16.1 Å². The molecular formula is C37H36N2O5. The monoisotopic (exact) mass is 588 g/mol. The fourth-order valence-electron chi connectivity index (χ4n) is 5.99. The van der Waals surface area contributed by atoms with Gasteiger partial charge in [0.05, 0.1) is 12.2 Å². The smallest absolute Gasteiger partial charge is 0.330 e. The summed E-state index contributed by atoms with van der Waals surface area (Å²) in [7, 11) is 2.05. The highest BCUT2D eigenvalue weighted by molar-refractivity contribution is 6.08. The first-order valence-corrected chi connectivity index (χ1v) is 15.0. The Balaban J connectivity index is 1.07. The number of fused-ring (bicyclic) bond motifs is 2. The predicted molar refractivity (Wildman–Crippen MR) is 172 cm³/mol. The SMILES string of the molecule is CC1C(C/C=C/C(=O)OCc2ccccc2)c2ccccc2N1C(=O)c1ccc(OC[C@@H]2CN(C)c3ccccc3O2)cc1. The van der Waals surface area contributed by atoms with E-state index >= 15 is 0 Å². The molecule has 3 atom stereocenters. The summed E-state index contributed by atoms with van der Waals surface area (Å²) in [6.45, 7) is 3.42. The van der Waals surface area contributed by atoms with Crippen molar-refractivity contribution in [2.75, 3.05) is 30.0 Å². The first-order valence-electron chi connectivity index (χ1n) is 15.0. The van der Waals surface area contributed by atoms with Gasteiger partial charge in [-0.15, -0.1) is 0 Å². The number of carbonyl (C=O) groups excluding carboxylic acids is 2. The Labute approximate surface area is 258 Å². The van der Waals surface area contributed by atoms with E-state index in [-0.39, 0.29) is 36.5 Å². The normalized spacial score (nSPS) is 18.8. The molecule has 4 aromatic rings. The highest BCUT2D eigenvalue weighted by Crippen LogP contribution is 2.43. The molecule has 2 unspecified atom stereocenters. The van der Waals surface area contributed by atoms with Crippen molar-refractivity contribution in [3.05, 3.63) is 132 Å². The molecule has 0 N–H and O–H groups in total. The lowest BCUT2D eigenvalue weighted by molar-refractivity contribution is -0.139. The summed E-state index contributed by atoms with van der Waals surface area (Å²) >= 11 is 0. The molecule has 0 fully saturated rings. The van der Waals surface area contributed by atoms with Crippen molar-refractivity contribution >= 4 is 23.3 Å². The molecule has 1 amide bonds. The van der Waals surface area contributed by atoms with Gasteiger partial charge in [-0.2, -0.15) is 0 Å². The van der Waals surface area contributed by atoms with Crippen LogP contribution in [0.2, 0.25) is 0 Å². The van der Waals surface area contributed by atoms with Crippen molar-refractivity contribution in [2.45, 2.75) is 38.0 Å². The van der Waals surface area contributed by atoms with Gasteiger partial charge in [0, 0.05) is 36.3 Å². The summed E-state index contributed by atoms with van der Waals surface area (Å²) in [6, 6.07) is 32.8. The number of amides is 1. The van der Waals surface area contributed by atoms with Crippen molar-refractivity contribution in [1.82, 2.24) is 0 Å². The molecule has 2 aliphatic rings. The summed E-state index contributed by atoms with van der Waals surface area (Å²) in [6.07, 6.45) is 3.84. The molecule has 6 rings (SSSR count). The predicted octanol–water partition coefficient (Wildman–Crippen LogP) is 6.79. The van der Waals surface area contributed by atoms with E-state index < -0.39 is 0 Å². The Kier molecular flexibility index (Phi) is 8.64. The van der Waals surface area contributed by atoms with Gasteiger partial charge in [0.15, 0.2) is 0 Å². The third kappa shape index (κ3) is 6.32. The number of carbonyl (C=O) groups is 2. The van der Waals surface area contributed by atoms with Crippen molar-refractivity contribution in [3.8, 4) is 11.5 Å². The Morgan fingerprint density at radius 3 is 2.39 bits per heavy atom. The van der Waals surface area contributed by atoms with Crippen molar-refractivity contribution in [1.29, 1.82) is 0 Å². The van der Waals surface area contributed by atoms with Gasteiger partial charge >= 0.3 is 5.97 Å². The molecule has 0 bridgehead atoms. The summed E-state index contributed by atoms with van der Waals surface area (Å²) in [5.41, 5.74) is 4.59. The molecule has 0 saturated carbocycles. The van der Waals surface area contributed by atoms with E-state index in [0.29, 0.717) is 24.3 Å². The molecule has 0 aliphatic carbocycles. The van der Waals surface area contributed by atoms with E-state index in [1.54, 1.807) is 0 Å². The van der Waals surface area contributed by atoms with Crippen LogP contribution in [-0.4, -0.2) is 44.2 Å². The standard InChI is InChI=1S/C37H36N2O5/c1-26-31(14-10-18-36(40)43-24-27-11-4-3-5-12-27)32-13-6-7-15-33(32)39(26)37(41)28-19-21-29(22-20-28)42-25-30-23-38(2)34-16-8-9-17-35(34)44-30/h3-13,15-22,26,30-31H,14,23-25H2,1-2H3/b18-10+/t26?,30-,31?/m0/s1. The number of rotatable bonds is 9. The average Bonchev–Trinajstić information content (AvgIpc) is 3.34. The fraction of sp³-hybridized carbons (Fsp3) is 0.243. The molecule has 0 spiro atoms. The van der Waals surface area contributed by atoms with Gasteiger partial charge in [-0.25, -0.2) is 4.79 Å². The zero-order valence-corrected chi connectivity index (χ0v) is 25.0. The van der Waals surface area contributed by atoms with Crippen molar-refractivity contribution < 1.29 is 23.8 Å². The molecule has 7 heteroatoms. The number of para-hydroxylation sites is 3. The van der Waals surface area contributed by atoms with Crippen LogP contribution in [0.1, 0.15) is 40.7 Å². The lowest BCUT2D eigenvalue weighted by Crippen LogP contribution is -2.41. The molecule has 44 heavy (non-hydrogen) atoms. The number of hydrogen-bond donors (Lipinski definition) is 0. The van der Waals surface area contributed by atoms with Gasteiger partial charge in [0.1, 0.15) is 30.8 Å². The van der Waals surface area contributed by atoms with E-state index in [4.69, 9.17) is 14.2 Å². The molecule has 7 nitrogen and oxygen atoms in total. The van der Waals surface area contributed by atoms with Crippen LogP contribution in [0.4, 0.5) is 11.4 Å². The maximum Gasteiger partial charge on any atom is 0.330 e. The average molecular weight is 589 g/mol. The molecule has 224 valence electrons. The Hall–Kier alpha value is -5.04. The zero-order valence-electron chi connectivity index (χ0n) is 25.0. The van der Waals surface area contributed by atoms with Crippen LogP contribution in [0.3, 0.4) is 0 Å². The number of hydrogen-bond acceptors (Lipinski definition) is 6. The molecular weight excluding hydrogens is 552 g/mol. The van der Waals surface area contributed by atoms with Crippen LogP contribution in [0.25, 0.3) is 0 Å². The highest BCUT2D eigenvalue weighted by atomic mass is 16.5. The lowest BCUT2D eigenvalue weighted by Gasteiger charge is -2.33. The van der Waals surface area contributed by atoms with Crippen LogP contribution < -0.4 is 19.3 Å². The third-order valence-corrected chi connectivity index (χ3v) is 8.26. The maximum atomic E-state index is 13.8. The zero-order chi connectivity index (χ0) is 30.5. The number of nitrogens with zero attached hydrogens (tertiary/aromatic N) is 2. The van der Waals surface area contributed by atoms with Crippen LogP contribution >= 0.6 is 0 Å². The number of benzene rings is 4. The Morgan fingerprint density at radius 2 is 1.59 bits per heavy atom. The summed E-state index contributed by atoms with van der Waals surface area (Å²) in [5, 5.41) is 0. The minimum atomic E-state index is -0.380. The lowest BCUT2D eigenvalue weighted by atomic mass is 9.92. The molecule has 0 radical (unpaired) electrons. The van der Waals surface area contributed by atoms with Crippen molar-refractivity contribution in [3.63, 3.8) is 0 Å². The van der Waals surface area contributed by atoms with Crippen LogP contribution in [0.15, 0.2) is 115 Å². The first kappa shape index (κ1) is 29.1. The third-order valence-electron chi connectivity index (χ3n) is 8.26. The van der Waals surface area contributed by atoms with E-state index in [1.165, 1.54) is 6.08 Å². The van der Waals surface area contributed by atoms with E-state index in [9.17, 15) is 9.59 Å². The number of allylic oxidation sites excluding steroid dienone is 1. The number of likely N-dealkylation sites (N-methyl/N-ethyl adjacent to an activating group) is 1. The summed E-state index contributed by atoms with van der Waals surface area (Å²) in [4.78, 5) is 30.1. The van der Waals surface area contributed by atoms with Crippen LogP contribution in [0.5, 0.6) is 11.5 Å². The molecule has 4 aromatic carbocycles. The molecule has 0 saturated heterocycles. The maximum absolute atomic E-state index is 13.8. The minimum Gasteiger partial charge on any atom is -0.490 e. The van der Waals surface area contributed by atoms with Gasteiger partial charge in [-0.05, 0) is 66.9 Å². The first-order chi connectivity index (χ1) is 21.5. The number of esters is 1. The topological polar surface area (TPSA) is 68.3 Å². The molecule has 2 aliphatic heterocycles. The number of anilines is 2. The van der Waals surface area contributed by atoms with Crippen LogP contribution in [0, 0.1) is 0 Å². The minimum absolute atomic E-state index is 0.0506. The number of ether oxygens (including phenoxy) is 3. The molecule has 2 heterocycles. The summed E-state index contributed by atoms with van der Waals surface area (Å²) in [5.74, 6) is 1.14. The highest BCUT2D eigenvalue weighted by Gasteiger charge is 2.38. The van der Waals surface area contributed by atoms with Crippen molar-refractivity contribution in [2.24, 2.45) is 0 Å². The van der Waals surface area contributed by atoms with E-state index in [2.05, 4.69) is 17.9 Å².